The Kier molecular flexibility index (Phi) is 4.20. The summed E-state index contributed by atoms with van der Waals surface area (Å²) < 4.78 is 5.00. The molecule has 0 atom stereocenters. The molecule has 0 amide bonds. The lowest BCUT2D eigenvalue weighted by molar-refractivity contribution is 0.0659. The Labute approximate surface area is 101 Å². The minimum atomic E-state index is -0.975. The van der Waals surface area contributed by atoms with Crippen LogP contribution in [0.3, 0.4) is 0 Å². The quantitative estimate of drug-likeness (QED) is 0.878. The number of likely N-dealkylation sites (tertiary alicyclic amines) is 1. The molecule has 2 rings (SSSR count). The van der Waals surface area contributed by atoms with E-state index in [1.807, 2.05) is 0 Å². The molecule has 17 heavy (non-hydrogen) atoms. The van der Waals surface area contributed by atoms with Gasteiger partial charge in [0.25, 0.3) is 0 Å². The van der Waals surface area contributed by atoms with Gasteiger partial charge in [-0.2, -0.15) is 0 Å². The van der Waals surface area contributed by atoms with Crippen molar-refractivity contribution in [2.75, 3.05) is 13.1 Å². The molecule has 1 saturated heterocycles. The van der Waals surface area contributed by atoms with Gasteiger partial charge in [-0.25, -0.2) is 4.79 Å². The third-order valence-corrected chi connectivity index (χ3v) is 3.28. The van der Waals surface area contributed by atoms with Crippen molar-refractivity contribution in [1.82, 2.24) is 4.90 Å². The first-order valence-electron chi connectivity index (χ1n) is 6.29. The molecule has 4 nitrogen and oxygen atoms in total. The van der Waals surface area contributed by atoms with Crippen molar-refractivity contribution in [3.8, 4) is 0 Å². The number of carboxylic acid groups (broad SMARTS) is 1. The molecule has 1 aromatic rings. The van der Waals surface area contributed by atoms with Crippen LogP contribution in [-0.2, 0) is 6.54 Å². The van der Waals surface area contributed by atoms with Gasteiger partial charge in [-0.1, -0.05) is 19.3 Å². The largest absolute Gasteiger partial charge is 0.475 e. The summed E-state index contributed by atoms with van der Waals surface area (Å²) in [5.74, 6) is -0.885. The molecule has 1 aliphatic heterocycles. The maximum absolute atomic E-state index is 10.9. The molecule has 0 saturated carbocycles. The SMILES string of the molecule is O=C(O)c1occc1CN1CCCCCCC1. The number of carboxylic acids is 1. The number of hydrogen-bond acceptors (Lipinski definition) is 3. The average Bonchev–Trinajstić information content (AvgIpc) is 2.70. The van der Waals surface area contributed by atoms with Crippen LogP contribution < -0.4 is 0 Å². The summed E-state index contributed by atoms with van der Waals surface area (Å²) in [7, 11) is 0. The van der Waals surface area contributed by atoms with Crippen LogP contribution >= 0.6 is 0 Å². The summed E-state index contributed by atoms with van der Waals surface area (Å²) in [5.41, 5.74) is 0.790. The average molecular weight is 237 g/mol. The Morgan fingerprint density at radius 2 is 1.88 bits per heavy atom. The maximum Gasteiger partial charge on any atom is 0.372 e. The highest BCUT2D eigenvalue weighted by atomic mass is 16.4. The van der Waals surface area contributed by atoms with Crippen LogP contribution in [0.5, 0.6) is 0 Å². The Morgan fingerprint density at radius 1 is 1.24 bits per heavy atom. The Bertz CT molecular complexity index is 364. The van der Waals surface area contributed by atoms with Crippen LogP contribution in [0.4, 0.5) is 0 Å². The van der Waals surface area contributed by atoms with E-state index < -0.39 is 5.97 Å². The highest BCUT2D eigenvalue weighted by molar-refractivity contribution is 5.86. The van der Waals surface area contributed by atoms with Crippen molar-refractivity contribution in [3.63, 3.8) is 0 Å². The van der Waals surface area contributed by atoms with E-state index in [2.05, 4.69) is 4.90 Å². The summed E-state index contributed by atoms with van der Waals surface area (Å²) in [5, 5.41) is 8.97. The lowest BCUT2D eigenvalue weighted by Gasteiger charge is -2.23. The van der Waals surface area contributed by atoms with E-state index in [1.165, 1.54) is 38.4 Å². The van der Waals surface area contributed by atoms with Crippen molar-refractivity contribution in [2.24, 2.45) is 0 Å². The zero-order valence-electron chi connectivity index (χ0n) is 10.0. The van der Waals surface area contributed by atoms with Crippen molar-refractivity contribution < 1.29 is 14.3 Å². The molecule has 2 heterocycles. The van der Waals surface area contributed by atoms with Gasteiger partial charge in [-0.15, -0.1) is 0 Å². The van der Waals surface area contributed by atoms with Gasteiger partial charge < -0.3 is 9.52 Å². The number of hydrogen-bond donors (Lipinski definition) is 1. The van der Waals surface area contributed by atoms with Crippen molar-refractivity contribution in [1.29, 1.82) is 0 Å². The standard InChI is InChI=1S/C13H19NO3/c15-13(16)12-11(6-9-17-12)10-14-7-4-2-1-3-5-8-14/h6,9H,1-5,7-8,10H2,(H,15,16). The van der Waals surface area contributed by atoms with Gasteiger partial charge in [0.2, 0.25) is 5.76 Å². The fourth-order valence-corrected chi connectivity index (χ4v) is 2.36. The number of aromatic carboxylic acids is 1. The van der Waals surface area contributed by atoms with Gasteiger partial charge in [0.1, 0.15) is 0 Å². The number of carbonyl (C=O) groups is 1. The maximum atomic E-state index is 10.9. The van der Waals surface area contributed by atoms with E-state index in [9.17, 15) is 4.79 Å². The van der Waals surface area contributed by atoms with Gasteiger partial charge in [0, 0.05) is 12.1 Å². The molecular weight excluding hydrogens is 218 g/mol. The van der Waals surface area contributed by atoms with Crippen LogP contribution in [-0.4, -0.2) is 29.1 Å². The van der Waals surface area contributed by atoms with Gasteiger partial charge in [-0.3, -0.25) is 4.90 Å². The number of nitrogens with zero attached hydrogens (tertiary/aromatic N) is 1. The third-order valence-electron chi connectivity index (χ3n) is 3.28. The molecule has 0 radical (unpaired) electrons. The van der Waals surface area contributed by atoms with E-state index in [4.69, 9.17) is 9.52 Å². The molecule has 0 unspecified atom stereocenters. The predicted molar refractivity (Wildman–Crippen MR) is 64.0 cm³/mol. The molecule has 0 aliphatic carbocycles. The Balaban J connectivity index is 1.98. The molecule has 1 fully saturated rings. The molecule has 0 bridgehead atoms. The van der Waals surface area contributed by atoms with Crippen molar-refractivity contribution in [2.45, 2.75) is 38.6 Å². The summed E-state index contributed by atoms with van der Waals surface area (Å²) in [4.78, 5) is 13.3. The summed E-state index contributed by atoms with van der Waals surface area (Å²) in [6, 6.07) is 1.77. The fraction of sp³-hybridized carbons (Fsp3) is 0.615. The first kappa shape index (κ1) is 12.2. The van der Waals surface area contributed by atoms with E-state index in [0.717, 1.165) is 18.7 Å². The van der Waals surface area contributed by atoms with Crippen molar-refractivity contribution >= 4 is 5.97 Å². The highest BCUT2D eigenvalue weighted by Gasteiger charge is 2.17. The van der Waals surface area contributed by atoms with E-state index in [0.29, 0.717) is 6.54 Å². The topological polar surface area (TPSA) is 53.7 Å². The van der Waals surface area contributed by atoms with Crippen LogP contribution in [0, 0.1) is 0 Å². The summed E-state index contributed by atoms with van der Waals surface area (Å²) in [6.45, 7) is 2.81. The van der Waals surface area contributed by atoms with Crippen molar-refractivity contribution in [3.05, 3.63) is 23.7 Å². The molecule has 1 aliphatic rings. The van der Waals surface area contributed by atoms with E-state index >= 15 is 0 Å². The normalized spacial score (nSPS) is 18.6. The number of rotatable bonds is 3. The van der Waals surface area contributed by atoms with Gasteiger partial charge in [-0.05, 0) is 32.0 Å². The van der Waals surface area contributed by atoms with E-state index in [-0.39, 0.29) is 5.76 Å². The predicted octanol–water partition coefficient (Wildman–Crippen LogP) is 2.74. The minimum absolute atomic E-state index is 0.0899. The van der Waals surface area contributed by atoms with Crippen LogP contribution in [0.2, 0.25) is 0 Å². The highest BCUT2D eigenvalue weighted by Crippen LogP contribution is 2.16. The molecular formula is C13H19NO3. The molecule has 0 aromatic carbocycles. The monoisotopic (exact) mass is 237 g/mol. The second-order valence-corrected chi connectivity index (χ2v) is 4.62. The first-order chi connectivity index (χ1) is 8.27. The minimum Gasteiger partial charge on any atom is -0.475 e. The van der Waals surface area contributed by atoms with Crippen LogP contribution in [0.1, 0.15) is 48.2 Å². The Morgan fingerprint density at radius 3 is 2.53 bits per heavy atom. The fourth-order valence-electron chi connectivity index (χ4n) is 2.36. The molecule has 1 N–H and O–H groups in total. The van der Waals surface area contributed by atoms with Crippen LogP contribution in [0.25, 0.3) is 0 Å². The summed E-state index contributed by atoms with van der Waals surface area (Å²) >= 11 is 0. The van der Waals surface area contributed by atoms with Gasteiger partial charge >= 0.3 is 5.97 Å². The summed E-state index contributed by atoms with van der Waals surface area (Å²) in [6.07, 6.45) is 7.78. The van der Waals surface area contributed by atoms with E-state index in [1.54, 1.807) is 6.07 Å². The molecule has 94 valence electrons. The molecule has 4 heteroatoms. The lowest BCUT2D eigenvalue weighted by Crippen LogP contribution is -2.27. The smallest absolute Gasteiger partial charge is 0.372 e. The lowest BCUT2D eigenvalue weighted by atomic mass is 10.1. The van der Waals surface area contributed by atoms with Gasteiger partial charge in [0.15, 0.2) is 0 Å². The van der Waals surface area contributed by atoms with Gasteiger partial charge in [0.05, 0.1) is 6.26 Å². The third kappa shape index (κ3) is 3.33. The first-order valence-corrected chi connectivity index (χ1v) is 6.29. The second-order valence-electron chi connectivity index (χ2n) is 4.62. The Hall–Kier alpha value is -1.29. The second kappa shape index (κ2) is 5.87. The zero-order chi connectivity index (χ0) is 12.1. The molecule has 1 aromatic heterocycles. The zero-order valence-corrected chi connectivity index (χ0v) is 10.0. The number of furan rings is 1. The molecule has 0 spiro atoms. The van der Waals surface area contributed by atoms with Crippen LogP contribution in [0.15, 0.2) is 16.7 Å².